The molecule has 0 spiro atoms. The second-order valence-corrected chi connectivity index (χ2v) is 15.0. The molecule has 7 heteroatoms. The van der Waals surface area contributed by atoms with Crippen molar-refractivity contribution in [1.29, 1.82) is 0 Å². The fourth-order valence-corrected chi connectivity index (χ4v) is 7.16. The maximum Gasteiger partial charge on any atom is 0.253 e. The molecule has 4 aromatic rings. The van der Waals surface area contributed by atoms with E-state index in [1.165, 1.54) is 11.1 Å². The Labute approximate surface area is 266 Å². The Hall–Kier alpha value is -3.97. The van der Waals surface area contributed by atoms with Crippen LogP contribution < -0.4 is 26.2 Å². The number of hydrogen-bond donors (Lipinski definition) is 2. The van der Waals surface area contributed by atoms with Gasteiger partial charge in [-0.05, 0) is 95.1 Å². The molecule has 0 radical (unpaired) electrons. The van der Waals surface area contributed by atoms with Crippen molar-refractivity contribution in [3.05, 3.63) is 98.5 Å². The molecule has 1 aromatic heterocycles. The number of fused-ring (bicyclic) bond motifs is 4. The van der Waals surface area contributed by atoms with Crippen LogP contribution in [-0.4, -0.2) is 36.1 Å². The van der Waals surface area contributed by atoms with E-state index in [1.807, 2.05) is 30.5 Å². The average Bonchev–Trinajstić information content (AvgIpc) is 3.03. The molecule has 236 valence electrons. The van der Waals surface area contributed by atoms with Crippen molar-refractivity contribution in [2.45, 2.75) is 77.3 Å². The number of piperidine rings is 3. The number of anilines is 3. The number of methoxy groups -OCH3 is 1. The summed E-state index contributed by atoms with van der Waals surface area (Å²) in [7, 11) is 1.66. The third-order valence-electron chi connectivity index (χ3n) is 10.0. The molecule has 0 saturated carbocycles. The van der Waals surface area contributed by atoms with Crippen molar-refractivity contribution in [3.8, 4) is 5.75 Å². The highest BCUT2D eigenvalue weighted by atomic mass is 16.5. The Bertz CT molecular complexity index is 1790. The molecule has 7 nitrogen and oxygen atoms in total. The first-order valence-corrected chi connectivity index (χ1v) is 16.1. The van der Waals surface area contributed by atoms with E-state index in [-0.39, 0.29) is 22.9 Å². The lowest BCUT2D eigenvalue weighted by Crippen LogP contribution is -2.56. The summed E-state index contributed by atoms with van der Waals surface area (Å²) in [6.07, 6.45) is 6.04. The van der Waals surface area contributed by atoms with Gasteiger partial charge in [0.05, 0.1) is 18.7 Å². The van der Waals surface area contributed by atoms with Crippen LogP contribution in [0.1, 0.15) is 77.1 Å². The van der Waals surface area contributed by atoms with Crippen LogP contribution in [0.3, 0.4) is 0 Å². The number of benzene rings is 2. The van der Waals surface area contributed by atoms with Gasteiger partial charge in [-0.2, -0.15) is 0 Å². The monoisotopic (exact) mass is 606 g/mol. The Morgan fingerprint density at radius 2 is 1.67 bits per heavy atom. The van der Waals surface area contributed by atoms with Gasteiger partial charge in [-0.25, -0.2) is 0 Å². The highest BCUT2D eigenvalue weighted by Crippen LogP contribution is 2.44. The zero-order valence-corrected chi connectivity index (χ0v) is 27.7. The molecule has 4 unspecified atom stereocenters. The van der Waals surface area contributed by atoms with Crippen molar-refractivity contribution < 1.29 is 4.74 Å². The van der Waals surface area contributed by atoms with E-state index < -0.39 is 10.9 Å². The summed E-state index contributed by atoms with van der Waals surface area (Å²) in [5, 5.41) is 7.99. The first kappa shape index (κ1) is 31.0. The summed E-state index contributed by atoms with van der Waals surface area (Å²) in [4.78, 5) is 33.7. The van der Waals surface area contributed by atoms with Gasteiger partial charge in [-0.15, -0.1) is 6.58 Å². The molecule has 3 aliphatic rings. The Balaban J connectivity index is 1.43. The average molecular weight is 607 g/mol. The number of aromatic nitrogens is 1. The van der Waals surface area contributed by atoms with Crippen LogP contribution in [0.15, 0.2) is 70.9 Å². The van der Waals surface area contributed by atoms with E-state index in [0.717, 1.165) is 53.8 Å². The predicted molar refractivity (Wildman–Crippen MR) is 185 cm³/mol. The summed E-state index contributed by atoms with van der Waals surface area (Å²) >= 11 is 0. The third-order valence-corrected chi connectivity index (χ3v) is 10.0. The van der Waals surface area contributed by atoms with Gasteiger partial charge in [0, 0.05) is 29.9 Å². The number of pyridine rings is 1. The molecule has 2 bridgehead atoms. The molecular formula is C38H46N4O3. The molecule has 3 aromatic carbocycles. The van der Waals surface area contributed by atoms with Crippen molar-refractivity contribution >= 4 is 28.0 Å². The molecule has 3 fully saturated rings. The minimum absolute atomic E-state index is 0.0841. The van der Waals surface area contributed by atoms with Crippen LogP contribution in [0.4, 0.5) is 17.1 Å². The van der Waals surface area contributed by atoms with Crippen LogP contribution in [-0.2, 0) is 10.8 Å². The van der Waals surface area contributed by atoms with Crippen LogP contribution in [0.5, 0.6) is 5.75 Å². The van der Waals surface area contributed by atoms with Gasteiger partial charge in [0.1, 0.15) is 17.1 Å². The summed E-state index contributed by atoms with van der Waals surface area (Å²) in [5.74, 6) is 1.74. The molecule has 0 amide bonds. The highest BCUT2D eigenvalue weighted by Gasteiger charge is 2.43. The smallest absolute Gasteiger partial charge is 0.253 e. The minimum Gasteiger partial charge on any atom is -0.497 e. The topological polar surface area (TPSA) is 83.6 Å². The lowest BCUT2D eigenvalue weighted by molar-refractivity contribution is 0.0105. The maximum atomic E-state index is 13.3. The minimum atomic E-state index is -0.492. The van der Waals surface area contributed by atoms with E-state index in [9.17, 15) is 9.59 Å². The van der Waals surface area contributed by atoms with Gasteiger partial charge in [-0.3, -0.25) is 19.5 Å². The van der Waals surface area contributed by atoms with Gasteiger partial charge in [0.15, 0.2) is 0 Å². The largest absolute Gasteiger partial charge is 0.497 e. The van der Waals surface area contributed by atoms with Crippen LogP contribution in [0.2, 0.25) is 0 Å². The third kappa shape index (κ3) is 5.79. The molecule has 5 atom stereocenters. The van der Waals surface area contributed by atoms with Crippen molar-refractivity contribution in [1.82, 2.24) is 9.88 Å². The quantitative estimate of drug-likeness (QED) is 0.162. The first-order chi connectivity index (χ1) is 21.3. The van der Waals surface area contributed by atoms with Crippen molar-refractivity contribution in [2.24, 2.45) is 11.8 Å². The Kier molecular flexibility index (Phi) is 7.88. The molecular weight excluding hydrogens is 560 g/mol. The van der Waals surface area contributed by atoms with Gasteiger partial charge in [-0.1, -0.05) is 53.7 Å². The zero-order chi connectivity index (χ0) is 32.3. The van der Waals surface area contributed by atoms with E-state index >= 15 is 0 Å². The van der Waals surface area contributed by atoms with Crippen molar-refractivity contribution in [2.75, 3.05) is 30.8 Å². The van der Waals surface area contributed by atoms with E-state index in [2.05, 4.69) is 92.9 Å². The normalized spacial score (nSPS) is 22.4. The van der Waals surface area contributed by atoms with Crippen molar-refractivity contribution in [3.63, 3.8) is 0 Å². The highest BCUT2D eigenvalue weighted by molar-refractivity contribution is 5.85. The van der Waals surface area contributed by atoms with E-state index in [4.69, 9.17) is 4.74 Å². The molecule has 7 rings (SSSR count). The summed E-state index contributed by atoms with van der Waals surface area (Å²) < 4.78 is 5.59. The molecule has 4 heterocycles. The zero-order valence-electron chi connectivity index (χ0n) is 27.7. The number of nitrogens with zero attached hydrogens (tertiary/aromatic N) is 2. The standard InChI is InChI=1S/C38H46N4O3/c1-9-22-21-42-15-13-23(22)16-31(42)32(28-12-14-39-30-11-10-27(45-8)20-29(28)30)41-34-33(35(43)36(34)44)40-26-18-24(37(2,3)4)17-25(19-26)38(5,6)7/h9-12,14,17-20,22-23,31-32,40-41H,1,13,15-16,21H2,2-8H3/t22?,23?,31?,32-/m0/s1. The van der Waals surface area contributed by atoms with Crippen LogP contribution in [0, 0.1) is 11.8 Å². The predicted octanol–water partition coefficient (Wildman–Crippen LogP) is 7.23. The van der Waals surface area contributed by atoms with Crippen LogP contribution >= 0.6 is 0 Å². The lowest BCUT2D eigenvalue weighted by atomic mass is 9.73. The summed E-state index contributed by atoms with van der Waals surface area (Å²) in [6.45, 7) is 19.2. The second-order valence-electron chi connectivity index (χ2n) is 15.0. The number of rotatable bonds is 8. The second kappa shape index (κ2) is 11.4. The van der Waals surface area contributed by atoms with Crippen LogP contribution in [0.25, 0.3) is 10.9 Å². The molecule has 2 N–H and O–H groups in total. The van der Waals surface area contributed by atoms with Gasteiger partial charge >= 0.3 is 0 Å². The van der Waals surface area contributed by atoms with Gasteiger partial charge in [0.2, 0.25) is 0 Å². The lowest BCUT2D eigenvalue weighted by Gasteiger charge is -2.52. The SMILES string of the molecule is C=CC1CN2CCC1CC2[C@@H](Nc1c(Nc2cc(C(C)(C)C)cc(C(C)(C)C)c2)c(=O)c1=O)c1ccnc2ccc(OC)cc12. The fraction of sp³-hybridized carbons (Fsp3) is 0.447. The van der Waals surface area contributed by atoms with Gasteiger partial charge in [0.25, 0.3) is 10.9 Å². The fourth-order valence-electron chi connectivity index (χ4n) is 7.16. The summed E-state index contributed by atoms with van der Waals surface area (Å²) in [6, 6.07) is 14.3. The molecule has 3 saturated heterocycles. The number of nitrogens with one attached hydrogen (secondary N) is 2. The summed E-state index contributed by atoms with van der Waals surface area (Å²) in [5.41, 5.74) is 4.57. The van der Waals surface area contributed by atoms with E-state index in [0.29, 0.717) is 23.2 Å². The maximum absolute atomic E-state index is 13.3. The number of ether oxygens (including phenoxy) is 1. The number of hydrogen-bond acceptors (Lipinski definition) is 7. The molecule has 3 aliphatic heterocycles. The Morgan fingerprint density at radius 3 is 2.27 bits per heavy atom. The van der Waals surface area contributed by atoms with E-state index in [1.54, 1.807) is 7.11 Å². The Morgan fingerprint density at radius 1 is 0.978 bits per heavy atom. The first-order valence-electron chi connectivity index (χ1n) is 16.1. The van der Waals surface area contributed by atoms with Gasteiger partial charge < -0.3 is 15.4 Å². The molecule has 45 heavy (non-hydrogen) atoms. The molecule has 0 aliphatic carbocycles.